The zero-order valence-electron chi connectivity index (χ0n) is 14.7. The average molecular weight is 413 g/mol. The molecule has 0 unspecified atom stereocenters. The van der Waals surface area contributed by atoms with Crippen LogP contribution in [0.3, 0.4) is 0 Å². The molecule has 4 aromatic rings. The van der Waals surface area contributed by atoms with Crippen LogP contribution in [-0.2, 0) is 12.3 Å². The summed E-state index contributed by atoms with van der Waals surface area (Å²) in [4.78, 5) is 4.74. The third kappa shape index (κ3) is 4.40. The van der Waals surface area contributed by atoms with Gasteiger partial charge in [-0.2, -0.15) is 0 Å². The van der Waals surface area contributed by atoms with Crippen molar-refractivity contribution in [3.05, 3.63) is 82.1 Å². The Morgan fingerprint density at radius 3 is 2.59 bits per heavy atom. The molecule has 0 aliphatic heterocycles. The van der Waals surface area contributed by atoms with E-state index in [-0.39, 0.29) is 0 Å². The van der Waals surface area contributed by atoms with E-state index >= 15 is 0 Å². The summed E-state index contributed by atoms with van der Waals surface area (Å²) in [5.41, 5.74) is 3.37. The largest absolute Gasteiger partial charge is 0.302 e. The lowest BCUT2D eigenvalue weighted by Crippen LogP contribution is -2.03. The van der Waals surface area contributed by atoms with Crippen molar-refractivity contribution in [1.82, 2.24) is 19.7 Å². The van der Waals surface area contributed by atoms with Crippen molar-refractivity contribution in [2.75, 3.05) is 0 Å². The molecule has 0 bridgehead atoms. The Balaban J connectivity index is 1.46. The highest BCUT2D eigenvalue weighted by molar-refractivity contribution is 7.98. The summed E-state index contributed by atoms with van der Waals surface area (Å²) in [7, 11) is 0. The third-order valence-electron chi connectivity index (χ3n) is 4.08. The normalized spacial score (nSPS) is 11.0. The Morgan fingerprint density at radius 2 is 1.81 bits per heavy atom. The van der Waals surface area contributed by atoms with Gasteiger partial charge in [-0.15, -0.1) is 21.5 Å². The number of thioether (sulfide) groups is 1. The summed E-state index contributed by atoms with van der Waals surface area (Å²) in [5.74, 6) is 1.68. The summed E-state index contributed by atoms with van der Waals surface area (Å²) < 4.78 is 2.15. The zero-order chi connectivity index (χ0) is 18.6. The number of aryl methyl sites for hydroxylation is 1. The van der Waals surface area contributed by atoms with Crippen LogP contribution in [0.15, 0.2) is 65.1 Å². The molecular formula is C20H17ClN4S2. The monoisotopic (exact) mass is 412 g/mol. The number of aromatic nitrogens is 4. The minimum absolute atomic E-state index is 0.735. The fourth-order valence-electron chi connectivity index (χ4n) is 2.65. The minimum Gasteiger partial charge on any atom is -0.302 e. The number of rotatable bonds is 6. The molecule has 27 heavy (non-hydrogen) atoms. The number of halogens is 1. The molecule has 2 heterocycles. The molecule has 136 valence electrons. The van der Waals surface area contributed by atoms with Crippen LogP contribution in [0.4, 0.5) is 0 Å². The third-order valence-corrected chi connectivity index (χ3v) is 6.27. The summed E-state index contributed by atoms with van der Waals surface area (Å²) in [5, 5.41) is 13.3. The molecule has 4 nitrogen and oxygen atoms in total. The second-order valence-corrected chi connectivity index (χ2v) is 8.28. The van der Waals surface area contributed by atoms with Crippen molar-refractivity contribution in [2.24, 2.45) is 0 Å². The van der Waals surface area contributed by atoms with Crippen molar-refractivity contribution >= 4 is 34.7 Å². The first-order valence-electron chi connectivity index (χ1n) is 8.46. The van der Waals surface area contributed by atoms with Crippen molar-refractivity contribution in [2.45, 2.75) is 24.4 Å². The van der Waals surface area contributed by atoms with Crippen LogP contribution in [0.2, 0.25) is 5.02 Å². The van der Waals surface area contributed by atoms with Crippen molar-refractivity contribution in [3.63, 3.8) is 0 Å². The number of benzene rings is 2. The van der Waals surface area contributed by atoms with Crippen molar-refractivity contribution < 1.29 is 0 Å². The Morgan fingerprint density at radius 1 is 1.04 bits per heavy atom. The molecule has 0 radical (unpaired) electrons. The molecule has 4 rings (SSSR count). The highest BCUT2D eigenvalue weighted by atomic mass is 35.5. The first-order chi connectivity index (χ1) is 13.2. The van der Waals surface area contributed by atoms with E-state index in [2.05, 4.69) is 44.4 Å². The van der Waals surface area contributed by atoms with Gasteiger partial charge < -0.3 is 4.57 Å². The van der Waals surface area contributed by atoms with E-state index in [9.17, 15) is 0 Å². The van der Waals surface area contributed by atoms with E-state index in [1.54, 1.807) is 23.1 Å². The van der Waals surface area contributed by atoms with E-state index in [1.165, 1.54) is 5.56 Å². The lowest BCUT2D eigenvalue weighted by atomic mass is 10.2. The van der Waals surface area contributed by atoms with Gasteiger partial charge in [0, 0.05) is 21.7 Å². The van der Waals surface area contributed by atoms with Gasteiger partial charge in [0.15, 0.2) is 5.16 Å². The second-order valence-electron chi connectivity index (χ2n) is 6.04. The van der Waals surface area contributed by atoms with Gasteiger partial charge in [0.1, 0.15) is 10.8 Å². The lowest BCUT2D eigenvalue weighted by Gasteiger charge is -2.08. The van der Waals surface area contributed by atoms with Crippen LogP contribution in [0.1, 0.15) is 17.1 Å². The molecular weight excluding hydrogens is 396 g/mol. The summed E-state index contributed by atoms with van der Waals surface area (Å²) in [6.45, 7) is 2.76. The van der Waals surface area contributed by atoms with Gasteiger partial charge in [0.25, 0.3) is 0 Å². The topological polar surface area (TPSA) is 43.6 Å². The van der Waals surface area contributed by atoms with E-state index in [1.807, 2.05) is 37.3 Å². The fraction of sp³-hybridized carbons (Fsp3) is 0.150. The summed E-state index contributed by atoms with van der Waals surface area (Å²) in [6.07, 6.45) is 0. The van der Waals surface area contributed by atoms with Crippen LogP contribution < -0.4 is 0 Å². The van der Waals surface area contributed by atoms with Gasteiger partial charge in [-0.25, -0.2) is 4.98 Å². The Labute approximate surface area is 171 Å². The van der Waals surface area contributed by atoms with Gasteiger partial charge in [0.2, 0.25) is 0 Å². The molecule has 0 aliphatic rings. The molecule has 0 spiro atoms. The molecule has 2 aromatic heterocycles. The molecule has 2 aromatic carbocycles. The average Bonchev–Trinajstić information content (AvgIpc) is 3.29. The van der Waals surface area contributed by atoms with E-state index in [0.717, 1.165) is 44.6 Å². The molecule has 0 atom stereocenters. The standard InChI is InChI=1S/C20H17ClN4S2/c1-14-23-24-20(25(14)11-15-5-3-2-4-6-15)27-13-18-12-26-19(22-18)16-7-9-17(21)10-8-16/h2-10,12H,11,13H2,1H3. The predicted molar refractivity (Wildman–Crippen MR) is 112 cm³/mol. The maximum Gasteiger partial charge on any atom is 0.191 e. The Kier molecular flexibility index (Phi) is 5.57. The van der Waals surface area contributed by atoms with Crippen LogP contribution in [0, 0.1) is 6.92 Å². The van der Waals surface area contributed by atoms with Crippen molar-refractivity contribution in [3.8, 4) is 10.6 Å². The Hall–Kier alpha value is -2.15. The van der Waals surface area contributed by atoms with E-state index in [4.69, 9.17) is 16.6 Å². The molecule has 0 saturated heterocycles. The van der Waals surface area contributed by atoms with Gasteiger partial charge in [-0.3, -0.25) is 0 Å². The lowest BCUT2D eigenvalue weighted by molar-refractivity contribution is 0.688. The number of nitrogens with zero attached hydrogens (tertiary/aromatic N) is 4. The Bertz CT molecular complexity index is 1030. The first-order valence-corrected chi connectivity index (χ1v) is 10.7. The van der Waals surface area contributed by atoms with Crippen LogP contribution >= 0.6 is 34.7 Å². The first kappa shape index (κ1) is 18.2. The molecule has 0 fully saturated rings. The summed E-state index contributed by atoms with van der Waals surface area (Å²) >= 11 is 9.27. The minimum atomic E-state index is 0.735. The molecule has 0 aliphatic carbocycles. The van der Waals surface area contributed by atoms with Crippen LogP contribution in [-0.4, -0.2) is 19.7 Å². The maximum absolute atomic E-state index is 5.96. The van der Waals surface area contributed by atoms with Crippen LogP contribution in [0.5, 0.6) is 0 Å². The molecule has 0 N–H and O–H groups in total. The number of hydrogen-bond acceptors (Lipinski definition) is 5. The van der Waals surface area contributed by atoms with Gasteiger partial charge in [-0.05, 0) is 24.6 Å². The van der Waals surface area contributed by atoms with Gasteiger partial charge in [0.05, 0.1) is 12.2 Å². The number of thiazole rings is 1. The quantitative estimate of drug-likeness (QED) is 0.381. The maximum atomic E-state index is 5.96. The molecule has 7 heteroatoms. The fourth-order valence-corrected chi connectivity index (χ4v) is 4.59. The zero-order valence-corrected chi connectivity index (χ0v) is 17.1. The van der Waals surface area contributed by atoms with E-state index in [0.29, 0.717) is 0 Å². The summed E-state index contributed by atoms with van der Waals surface area (Å²) in [6, 6.07) is 18.1. The van der Waals surface area contributed by atoms with Gasteiger partial charge >= 0.3 is 0 Å². The molecule has 0 saturated carbocycles. The predicted octanol–water partition coefficient (Wildman–Crippen LogP) is 5.70. The smallest absolute Gasteiger partial charge is 0.191 e. The second kappa shape index (κ2) is 8.25. The van der Waals surface area contributed by atoms with Gasteiger partial charge in [-0.1, -0.05) is 65.8 Å². The molecule has 0 amide bonds. The number of hydrogen-bond donors (Lipinski definition) is 0. The van der Waals surface area contributed by atoms with Crippen LogP contribution in [0.25, 0.3) is 10.6 Å². The van der Waals surface area contributed by atoms with E-state index < -0.39 is 0 Å². The highest BCUT2D eigenvalue weighted by Gasteiger charge is 2.12. The SMILES string of the molecule is Cc1nnc(SCc2csc(-c3ccc(Cl)cc3)n2)n1Cc1ccccc1. The highest BCUT2D eigenvalue weighted by Crippen LogP contribution is 2.28. The van der Waals surface area contributed by atoms with Crippen molar-refractivity contribution in [1.29, 1.82) is 0 Å².